The number of carbonyl (C=O) groups is 1. The molecular weight excluding hydrogens is 350 g/mol. The zero-order chi connectivity index (χ0) is 15.5. The molecule has 0 aromatic heterocycles. The van der Waals surface area contributed by atoms with Gasteiger partial charge in [-0.15, -0.1) is 11.8 Å². The van der Waals surface area contributed by atoms with Crippen LogP contribution in [0.1, 0.15) is 37.8 Å². The van der Waals surface area contributed by atoms with Gasteiger partial charge in [0, 0.05) is 21.2 Å². The summed E-state index contributed by atoms with van der Waals surface area (Å²) < 4.78 is 5.92. The molecule has 2 rings (SSSR count). The first kappa shape index (κ1) is 16.8. The molecule has 0 radical (unpaired) electrons. The highest BCUT2D eigenvalue weighted by molar-refractivity contribution is 9.10. The van der Waals surface area contributed by atoms with Crippen LogP contribution in [0.5, 0.6) is 0 Å². The Morgan fingerprint density at radius 1 is 1.52 bits per heavy atom. The van der Waals surface area contributed by atoms with Gasteiger partial charge in [-0.1, -0.05) is 22.0 Å². The minimum absolute atomic E-state index is 0.0903. The number of rotatable bonds is 7. The second kappa shape index (κ2) is 7.16. The van der Waals surface area contributed by atoms with Crippen molar-refractivity contribution in [3.63, 3.8) is 0 Å². The van der Waals surface area contributed by atoms with E-state index in [2.05, 4.69) is 46.4 Å². The average molecular weight is 372 g/mol. The SMILES string of the molecule is CNC(C)c1ccc(SCC2(CC(=O)OC)CC2)cc1Br. The van der Waals surface area contributed by atoms with Crippen LogP contribution in [0.2, 0.25) is 0 Å². The lowest BCUT2D eigenvalue weighted by Crippen LogP contribution is -2.13. The van der Waals surface area contributed by atoms with Crippen LogP contribution in [0.15, 0.2) is 27.6 Å². The maximum absolute atomic E-state index is 11.4. The van der Waals surface area contributed by atoms with Crippen molar-refractivity contribution in [2.75, 3.05) is 19.9 Å². The van der Waals surface area contributed by atoms with E-state index in [0.29, 0.717) is 12.5 Å². The molecule has 0 saturated heterocycles. The maximum atomic E-state index is 11.4. The molecule has 1 atom stereocenters. The zero-order valence-corrected chi connectivity index (χ0v) is 15.1. The molecule has 1 fully saturated rings. The Bertz CT molecular complexity index is 517. The van der Waals surface area contributed by atoms with Crippen molar-refractivity contribution in [3.8, 4) is 0 Å². The molecule has 0 amide bonds. The zero-order valence-electron chi connectivity index (χ0n) is 12.7. The molecule has 1 saturated carbocycles. The fourth-order valence-electron chi connectivity index (χ4n) is 2.27. The Morgan fingerprint density at radius 2 is 2.24 bits per heavy atom. The van der Waals surface area contributed by atoms with E-state index in [4.69, 9.17) is 4.74 Å². The van der Waals surface area contributed by atoms with Gasteiger partial charge in [-0.2, -0.15) is 0 Å². The minimum atomic E-state index is -0.0903. The third-order valence-corrected chi connectivity index (χ3v) is 6.15. The van der Waals surface area contributed by atoms with Crippen LogP contribution >= 0.6 is 27.7 Å². The number of methoxy groups -OCH3 is 1. The van der Waals surface area contributed by atoms with Crippen molar-refractivity contribution in [2.45, 2.75) is 37.1 Å². The highest BCUT2D eigenvalue weighted by atomic mass is 79.9. The van der Waals surface area contributed by atoms with Crippen LogP contribution in [-0.4, -0.2) is 25.9 Å². The Morgan fingerprint density at radius 3 is 2.76 bits per heavy atom. The van der Waals surface area contributed by atoms with Crippen LogP contribution in [0.25, 0.3) is 0 Å². The Kier molecular flexibility index (Phi) is 5.74. The summed E-state index contributed by atoms with van der Waals surface area (Å²) in [5.74, 6) is 0.891. The summed E-state index contributed by atoms with van der Waals surface area (Å²) in [4.78, 5) is 12.7. The molecular formula is C16H22BrNO2S. The number of esters is 1. The van der Waals surface area contributed by atoms with Gasteiger partial charge in [0.2, 0.25) is 0 Å². The lowest BCUT2D eigenvalue weighted by atomic mass is 10.1. The van der Waals surface area contributed by atoms with Gasteiger partial charge in [-0.25, -0.2) is 0 Å². The first-order chi connectivity index (χ1) is 9.99. The molecule has 1 aliphatic carbocycles. The number of thioether (sulfide) groups is 1. The standard InChI is InChI=1S/C16H22BrNO2S/c1-11(18-2)13-5-4-12(8-14(13)17)21-10-16(6-7-16)9-15(19)20-3/h4-5,8,11,18H,6-7,9-10H2,1-3H3. The third kappa shape index (κ3) is 4.47. The molecule has 1 aromatic carbocycles. The fourth-order valence-corrected chi connectivity index (χ4v) is 4.37. The molecule has 5 heteroatoms. The van der Waals surface area contributed by atoms with Gasteiger partial charge in [0.25, 0.3) is 0 Å². The van der Waals surface area contributed by atoms with Gasteiger partial charge in [-0.3, -0.25) is 4.79 Å². The Balaban J connectivity index is 1.95. The number of hydrogen-bond donors (Lipinski definition) is 1. The van der Waals surface area contributed by atoms with Crippen LogP contribution in [0.4, 0.5) is 0 Å². The Labute approximate surface area is 139 Å². The van der Waals surface area contributed by atoms with Crippen molar-refractivity contribution in [3.05, 3.63) is 28.2 Å². The Hall–Kier alpha value is -0.520. The molecule has 3 nitrogen and oxygen atoms in total. The van der Waals surface area contributed by atoms with Crippen LogP contribution < -0.4 is 5.32 Å². The largest absolute Gasteiger partial charge is 0.469 e. The monoisotopic (exact) mass is 371 g/mol. The van der Waals surface area contributed by atoms with E-state index in [9.17, 15) is 4.79 Å². The smallest absolute Gasteiger partial charge is 0.306 e. The van der Waals surface area contributed by atoms with E-state index < -0.39 is 0 Å². The van der Waals surface area contributed by atoms with E-state index in [1.54, 1.807) is 0 Å². The van der Waals surface area contributed by atoms with Gasteiger partial charge >= 0.3 is 5.97 Å². The molecule has 0 spiro atoms. The molecule has 116 valence electrons. The summed E-state index contributed by atoms with van der Waals surface area (Å²) in [6, 6.07) is 6.81. The molecule has 0 aliphatic heterocycles. The number of ether oxygens (including phenoxy) is 1. The second-order valence-electron chi connectivity index (χ2n) is 5.74. The van der Waals surface area contributed by atoms with E-state index in [1.165, 1.54) is 17.6 Å². The second-order valence-corrected chi connectivity index (χ2v) is 7.64. The summed E-state index contributed by atoms with van der Waals surface area (Å²) in [5.41, 5.74) is 1.43. The highest BCUT2D eigenvalue weighted by Crippen LogP contribution is 2.52. The van der Waals surface area contributed by atoms with Gasteiger partial charge in [-0.05, 0) is 49.9 Å². The maximum Gasteiger partial charge on any atom is 0.306 e. The molecule has 1 unspecified atom stereocenters. The van der Waals surface area contributed by atoms with Crippen molar-refractivity contribution in [2.24, 2.45) is 5.41 Å². The number of benzene rings is 1. The van der Waals surface area contributed by atoms with Gasteiger partial charge in [0.15, 0.2) is 0 Å². The van der Waals surface area contributed by atoms with Crippen molar-refractivity contribution >= 4 is 33.7 Å². The van der Waals surface area contributed by atoms with Gasteiger partial charge in [0.1, 0.15) is 0 Å². The van der Waals surface area contributed by atoms with E-state index in [1.807, 2.05) is 18.8 Å². The van der Waals surface area contributed by atoms with Crippen LogP contribution in [0, 0.1) is 5.41 Å². The predicted octanol–water partition coefficient (Wildman–Crippen LogP) is 4.16. The lowest BCUT2D eigenvalue weighted by Gasteiger charge is -2.16. The summed E-state index contributed by atoms with van der Waals surface area (Å²) in [5, 5.41) is 3.25. The molecule has 1 N–H and O–H groups in total. The number of halogens is 1. The first-order valence-corrected chi connectivity index (χ1v) is 8.94. The third-order valence-electron chi connectivity index (χ3n) is 4.12. The summed E-state index contributed by atoms with van der Waals surface area (Å²) >= 11 is 5.48. The average Bonchev–Trinajstić information content (AvgIpc) is 3.24. The fraction of sp³-hybridized carbons (Fsp3) is 0.562. The number of carbonyl (C=O) groups excluding carboxylic acids is 1. The topological polar surface area (TPSA) is 38.3 Å². The number of nitrogens with one attached hydrogen (secondary N) is 1. The lowest BCUT2D eigenvalue weighted by molar-refractivity contribution is -0.141. The quantitative estimate of drug-likeness (QED) is 0.576. The van der Waals surface area contributed by atoms with Crippen LogP contribution in [-0.2, 0) is 9.53 Å². The summed E-state index contributed by atoms with van der Waals surface area (Å²) in [6.45, 7) is 2.14. The van der Waals surface area contributed by atoms with E-state index in [-0.39, 0.29) is 11.4 Å². The van der Waals surface area contributed by atoms with E-state index in [0.717, 1.165) is 23.1 Å². The summed E-state index contributed by atoms with van der Waals surface area (Å²) in [6.07, 6.45) is 2.81. The molecule has 1 aliphatic rings. The van der Waals surface area contributed by atoms with Crippen molar-refractivity contribution < 1.29 is 9.53 Å². The first-order valence-electron chi connectivity index (χ1n) is 7.16. The molecule has 21 heavy (non-hydrogen) atoms. The normalized spacial score (nSPS) is 17.3. The van der Waals surface area contributed by atoms with Crippen LogP contribution in [0.3, 0.4) is 0 Å². The minimum Gasteiger partial charge on any atom is -0.469 e. The number of hydrogen-bond acceptors (Lipinski definition) is 4. The predicted molar refractivity (Wildman–Crippen MR) is 90.6 cm³/mol. The van der Waals surface area contributed by atoms with E-state index >= 15 is 0 Å². The molecule has 0 bridgehead atoms. The summed E-state index contributed by atoms with van der Waals surface area (Å²) in [7, 11) is 3.42. The van der Waals surface area contributed by atoms with Gasteiger partial charge in [0.05, 0.1) is 13.5 Å². The highest BCUT2D eigenvalue weighted by Gasteiger charge is 2.44. The molecule has 0 heterocycles. The van der Waals surface area contributed by atoms with Gasteiger partial charge < -0.3 is 10.1 Å². The molecule has 1 aromatic rings. The van der Waals surface area contributed by atoms with Crippen molar-refractivity contribution in [1.29, 1.82) is 0 Å². The van der Waals surface area contributed by atoms with Crippen molar-refractivity contribution in [1.82, 2.24) is 5.32 Å².